The summed E-state index contributed by atoms with van der Waals surface area (Å²) >= 11 is 0. The van der Waals surface area contributed by atoms with Crippen molar-refractivity contribution in [1.29, 1.82) is 0 Å². The van der Waals surface area contributed by atoms with Crippen LogP contribution in [0.25, 0.3) is 22.1 Å². The third kappa shape index (κ3) is 7.28. The molecular formula is C32H33NO7. The summed E-state index contributed by atoms with van der Waals surface area (Å²) in [4.78, 5) is 36.0. The highest BCUT2D eigenvalue weighted by molar-refractivity contribution is 5.95. The second-order valence-electron chi connectivity index (χ2n) is 10.5. The lowest BCUT2D eigenvalue weighted by atomic mass is 9.99. The van der Waals surface area contributed by atoms with E-state index in [-0.39, 0.29) is 18.8 Å². The number of rotatable bonds is 9. The number of benzene rings is 3. The van der Waals surface area contributed by atoms with Crippen LogP contribution in [0.1, 0.15) is 54.7 Å². The monoisotopic (exact) mass is 543 g/mol. The molecule has 8 nitrogen and oxygen atoms in total. The summed E-state index contributed by atoms with van der Waals surface area (Å²) in [6.07, 6.45) is 1.18. The predicted octanol–water partition coefficient (Wildman–Crippen LogP) is 6.62. The summed E-state index contributed by atoms with van der Waals surface area (Å²) in [7, 11) is 1.33. The van der Waals surface area contributed by atoms with Crippen molar-refractivity contribution >= 4 is 28.8 Å². The smallest absolute Gasteiger partial charge is 0.407 e. The fraction of sp³-hybridized carbons (Fsp3) is 0.281. The molecule has 0 aliphatic rings. The summed E-state index contributed by atoms with van der Waals surface area (Å²) in [6, 6.07) is 18.7. The van der Waals surface area contributed by atoms with E-state index in [1.165, 1.54) is 14.0 Å². The average molecular weight is 544 g/mol. The van der Waals surface area contributed by atoms with Gasteiger partial charge in [-0.15, -0.1) is 0 Å². The Balaban J connectivity index is 1.59. The van der Waals surface area contributed by atoms with Crippen LogP contribution in [0.5, 0.6) is 5.75 Å². The Hall–Kier alpha value is -4.59. The van der Waals surface area contributed by atoms with Crippen molar-refractivity contribution in [1.82, 2.24) is 5.32 Å². The predicted molar refractivity (Wildman–Crippen MR) is 151 cm³/mol. The van der Waals surface area contributed by atoms with Gasteiger partial charge in [0.2, 0.25) is 0 Å². The Bertz CT molecular complexity index is 1540. The highest BCUT2D eigenvalue weighted by atomic mass is 16.6. The molecule has 40 heavy (non-hydrogen) atoms. The van der Waals surface area contributed by atoms with Crippen LogP contribution in [0.3, 0.4) is 0 Å². The van der Waals surface area contributed by atoms with Crippen LogP contribution in [0.2, 0.25) is 0 Å². The molecule has 0 bridgehead atoms. The number of hydrogen-bond acceptors (Lipinski definition) is 7. The van der Waals surface area contributed by atoms with Gasteiger partial charge in [0.1, 0.15) is 23.5 Å². The van der Waals surface area contributed by atoms with Crippen LogP contribution >= 0.6 is 0 Å². The van der Waals surface area contributed by atoms with Gasteiger partial charge in [-0.25, -0.2) is 4.79 Å². The van der Waals surface area contributed by atoms with Crippen LogP contribution < -0.4 is 10.1 Å². The standard InChI is InChI=1S/C32H33NO7/c1-20(34)23-9-10-25(17-29(35)37-5)28(16-23)39-19-22-14-26-11-12-38-30(26)27(15-22)24-8-6-7-21(13-24)18-33-31(36)40-32(2,3)4/h6-16H,17-19H2,1-5H3,(H,33,36). The minimum absolute atomic E-state index is 0.0279. The molecule has 0 unspecified atom stereocenters. The van der Waals surface area contributed by atoms with E-state index < -0.39 is 17.7 Å². The normalized spacial score (nSPS) is 11.2. The number of ether oxygens (including phenoxy) is 3. The molecule has 1 heterocycles. The third-order valence-corrected chi connectivity index (χ3v) is 6.12. The maximum atomic E-state index is 12.1. The van der Waals surface area contributed by atoms with Gasteiger partial charge in [0.15, 0.2) is 5.78 Å². The Morgan fingerprint density at radius 3 is 2.48 bits per heavy atom. The Kier molecular flexibility index (Phi) is 8.58. The first-order valence-electron chi connectivity index (χ1n) is 12.9. The van der Waals surface area contributed by atoms with Crippen LogP contribution in [0, 0.1) is 0 Å². The zero-order valence-corrected chi connectivity index (χ0v) is 23.3. The number of ketones is 1. The molecule has 3 aromatic carbocycles. The molecule has 1 aromatic heterocycles. The number of esters is 1. The van der Waals surface area contributed by atoms with Crippen molar-refractivity contribution < 1.29 is 33.0 Å². The number of carbonyl (C=O) groups excluding carboxylic acids is 3. The molecule has 0 spiro atoms. The summed E-state index contributed by atoms with van der Waals surface area (Å²) in [5, 5.41) is 3.69. The Morgan fingerprint density at radius 1 is 0.950 bits per heavy atom. The molecular weight excluding hydrogens is 510 g/mol. The lowest BCUT2D eigenvalue weighted by molar-refractivity contribution is -0.139. The first kappa shape index (κ1) is 28.4. The van der Waals surface area contributed by atoms with Crippen molar-refractivity contribution in [3.8, 4) is 16.9 Å². The number of nitrogens with one attached hydrogen (secondary N) is 1. The maximum absolute atomic E-state index is 12.1. The summed E-state index contributed by atoms with van der Waals surface area (Å²) in [6.45, 7) is 7.44. The Labute approximate surface area is 233 Å². The molecule has 0 aliphatic carbocycles. The van der Waals surface area contributed by atoms with Gasteiger partial charge >= 0.3 is 12.1 Å². The van der Waals surface area contributed by atoms with Crippen molar-refractivity contribution in [3.05, 3.63) is 89.2 Å². The fourth-order valence-electron chi connectivity index (χ4n) is 4.22. The number of hydrogen-bond donors (Lipinski definition) is 1. The summed E-state index contributed by atoms with van der Waals surface area (Å²) in [5.74, 6) is -0.0525. The molecule has 1 amide bonds. The van der Waals surface area contributed by atoms with Crippen molar-refractivity contribution in [2.75, 3.05) is 7.11 Å². The van der Waals surface area contributed by atoms with Gasteiger partial charge in [-0.3, -0.25) is 9.59 Å². The second-order valence-corrected chi connectivity index (χ2v) is 10.5. The molecule has 4 aromatic rings. The molecule has 0 fully saturated rings. The number of alkyl carbamates (subject to hydrolysis) is 1. The quantitative estimate of drug-likeness (QED) is 0.187. The third-order valence-electron chi connectivity index (χ3n) is 6.12. The average Bonchev–Trinajstić information content (AvgIpc) is 3.38. The summed E-state index contributed by atoms with van der Waals surface area (Å²) in [5.41, 5.74) is 4.83. The van der Waals surface area contributed by atoms with E-state index in [0.29, 0.717) is 23.4 Å². The molecule has 0 saturated carbocycles. The summed E-state index contributed by atoms with van der Waals surface area (Å²) < 4.78 is 22.1. The van der Waals surface area contributed by atoms with E-state index in [4.69, 9.17) is 18.6 Å². The topological polar surface area (TPSA) is 104 Å². The van der Waals surface area contributed by atoms with Gasteiger partial charge in [-0.05, 0) is 74.7 Å². The van der Waals surface area contributed by atoms with Gasteiger partial charge in [-0.1, -0.05) is 30.3 Å². The first-order chi connectivity index (χ1) is 19.0. The zero-order chi connectivity index (χ0) is 28.9. The SMILES string of the molecule is COC(=O)Cc1ccc(C(C)=O)cc1OCc1cc(-c2cccc(CNC(=O)OC(C)(C)C)c2)c2occc2c1. The van der Waals surface area contributed by atoms with Crippen molar-refractivity contribution in [2.45, 2.75) is 52.9 Å². The minimum Gasteiger partial charge on any atom is -0.489 e. The first-order valence-corrected chi connectivity index (χ1v) is 12.9. The van der Waals surface area contributed by atoms with Gasteiger partial charge in [0.05, 0.1) is 19.8 Å². The molecule has 4 rings (SSSR count). The van der Waals surface area contributed by atoms with E-state index >= 15 is 0 Å². The minimum atomic E-state index is -0.577. The lowest BCUT2D eigenvalue weighted by Crippen LogP contribution is -2.32. The molecule has 208 valence electrons. The van der Waals surface area contributed by atoms with E-state index in [2.05, 4.69) is 5.32 Å². The molecule has 0 radical (unpaired) electrons. The van der Waals surface area contributed by atoms with Crippen molar-refractivity contribution in [3.63, 3.8) is 0 Å². The van der Waals surface area contributed by atoms with Crippen LogP contribution in [0.4, 0.5) is 4.79 Å². The largest absolute Gasteiger partial charge is 0.489 e. The highest BCUT2D eigenvalue weighted by Crippen LogP contribution is 2.32. The molecule has 0 atom stereocenters. The molecule has 0 aliphatic heterocycles. The van der Waals surface area contributed by atoms with Crippen LogP contribution in [0.15, 0.2) is 71.3 Å². The second kappa shape index (κ2) is 12.1. The Morgan fingerprint density at radius 2 is 1.75 bits per heavy atom. The van der Waals surface area contributed by atoms with Gasteiger partial charge < -0.3 is 23.9 Å². The van der Waals surface area contributed by atoms with E-state index in [1.807, 2.05) is 63.2 Å². The zero-order valence-electron chi connectivity index (χ0n) is 23.3. The fourth-order valence-corrected chi connectivity index (χ4v) is 4.22. The van der Waals surface area contributed by atoms with Gasteiger partial charge in [-0.2, -0.15) is 0 Å². The van der Waals surface area contributed by atoms with Gasteiger partial charge in [0.25, 0.3) is 0 Å². The highest BCUT2D eigenvalue weighted by Gasteiger charge is 2.17. The molecule has 1 N–H and O–H groups in total. The number of furan rings is 1. The number of Topliss-reactive ketones (excluding diaryl/α,β-unsaturated/α-hetero) is 1. The number of methoxy groups -OCH3 is 1. The van der Waals surface area contributed by atoms with Crippen LogP contribution in [-0.4, -0.2) is 30.6 Å². The van der Waals surface area contributed by atoms with E-state index in [1.54, 1.807) is 24.5 Å². The maximum Gasteiger partial charge on any atom is 0.407 e. The number of carbonyl (C=O) groups is 3. The number of amides is 1. The lowest BCUT2D eigenvalue weighted by Gasteiger charge is -2.19. The van der Waals surface area contributed by atoms with Crippen LogP contribution in [-0.2, 0) is 33.8 Å². The molecule has 0 saturated heterocycles. The number of fused-ring (bicyclic) bond motifs is 1. The van der Waals surface area contributed by atoms with Crippen molar-refractivity contribution in [2.24, 2.45) is 0 Å². The van der Waals surface area contributed by atoms with Gasteiger partial charge in [0, 0.05) is 28.6 Å². The van der Waals surface area contributed by atoms with E-state index in [9.17, 15) is 14.4 Å². The molecule has 8 heteroatoms. The van der Waals surface area contributed by atoms with E-state index in [0.717, 1.165) is 33.2 Å².